The molecule has 0 saturated heterocycles. The van der Waals surface area contributed by atoms with Crippen LogP contribution in [-0.2, 0) is 6.42 Å². The lowest BCUT2D eigenvalue weighted by Crippen LogP contribution is -2.06. The molecule has 0 amide bonds. The van der Waals surface area contributed by atoms with Gasteiger partial charge in [0.2, 0.25) is 11.5 Å². The lowest BCUT2D eigenvalue weighted by molar-refractivity contribution is 0.0992. The summed E-state index contributed by atoms with van der Waals surface area (Å²) in [4.78, 5) is 22.0. The normalized spacial score (nSPS) is 10.8. The van der Waals surface area contributed by atoms with Gasteiger partial charge in [0, 0.05) is 35.6 Å². The van der Waals surface area contributed by atoms with Crippen LogP contribution < -0.4 is 14.2 Å². The van der Waals surface area contributed by atoms with E-state index < -0.39 is 0 Å². The fourth-order valence-corrected chi connectivity index (χ4v) is 3.63. The molecule has 0 radical (unpaired) electrons. The maximum Gasteiger partial charge on any atom is 0.234 e. The molecule has 0 aliphatic rings. The molecule has 31 heavy (non-hydrogen) atoms. The molecule has 0 bridgehead atoms. The lowest BCUT2D eigenvalue weighted by Gasteiger charge is -2.13. The zero-order valence-corrected chi connectivity index (χ0v) is 17.9. The van der Waals surface area contributed by atoms with Gasteiger partial charge in [0.1, 0.15) is 0 Å². The largest absolute Gasteiger partial charge is 0.493 e. The van der Waals surface area contributed by atoms with E-state index in [1.165, 1.54) is 21.3 Å². The number of fused-ring (bicyclic) bond motifs is 1. The quantitative estimate of drug-likeness (QED) is 0.421. The zero-order chi connectivity index (χ0) is 22.0. The molecule has 2 aromatic heterocycles. The highest BCUT2D eigenvalue weighted by Crippen LogP contribution is 2.38. The summed E-state index contributed by atoms with van der Waals surface area (Å²) in [5.41, 5.74) is 4.17. The van der Waals surface area contributed by atoms with Gasteiger partial charge in [-0.1, -0.05) is 18.2 Å². The summed E-state index contributed by atoms with van der Waals surface area (Å²) >= 11 is 0. The van der Waals surface area contributed by atoms with Crippen LogP contribution in [-0.4, -0.2) is 41.5 Å². The van der Waals surface area contributed by atoms with Crippen LogP contribution in [0.25, 0.3) is 17.0 Å². The average molecular weight is 417 g/mol. The van der Waals surface area contributed by atoms with Crippen molar-refractivity contribution in [1.82, 2.24) is 14.4 Å². The number of benzene rings is 2. The molecule has 158 valence electrons. The van der Waals surface area contributed by atoms with Crippen LogP contribution >= 0.6 is 0 Å². The Morgan fingerprint density at radius 1 is 1.00 bits per heavy atom. The van der Waals surface area contributed by atoms with Gasteiger partial charge in [0.15, 0.2) is 17.3 Å². The first-order chi connectivity index (χ1) is 15.0. The number of carbonyl (C=O) groups is 1. The minimum atomic E-state index is -0.0511. The van der Waals surface area contributed by atoms with Crippen molar-refractivity contribution in [3.05, 3.63) is 71.7 Å². The predicted octanol–water partition coefficient (Wildman–Crippen LogP) is 4.16. The number of imidazole rings is 1. The Morgan fingerprint density at radius 2 is 1.74 bits per heavy atom. The van der Waals surface area contributed by atoms with Crippen LogP contribution in [0.2, 0.25) is 0 Å². The summed E-state index contributed by atoms with van der Waals surface area (Å²) in [5, 5.41) is 0. The van der Waals surface area contributed by atoms with Crippen molar-refractivity contribution in [1.29, 1.82) is 0 Å². The third-order valence-electron chi connectivity index (χ3n) is 5.19. The molecule has 0 fully saturated rings. The SMILES string of the molecule is COc1cc(C(=O)Cc2cccc(-c3nc4ncccn4c3C)c2)cc(OC)c1OC. The van der Waals surface area contributed by atoms with Gasteiger partial charge in [0.25, 0.3) is 0 Å². The Bertz CT molecular complexity index is 1240. The van der Waals surface area contributed by atoms with Gasteiger partial charge in [-0.25, -0.2) is 9.97 Å². The number of methoxy groups -OCH3 is 3. The minimum absolute atomic E-state index is 0.0511. The minimum Gasteiger partial charge on any atom is -0.493 e. The van der Waals surface area contributed by atoms with E-state index in [1.807, 2.05) is 47.9 Å². The third kappa shape index (κ3) is 3.82. The lowest BCUT2D eigenvalue weighted by atomic mass is 9.99. The van der Waals surface area contributed by atoms with Gasteiger partial charge < -0.3 is 14.2 Å². The summed E-state index contributed by atoms with van der Waals surface area (Å²) in [6, 6.07) is 13.1. The molecule has 0 atom stereocenters. The number of rotatable bonds is 7. The Kier molecular flexibility index (Phi) is 5.58. The molecule has 0 N–H and O–H groups in total. The van der Waals surface area contributed by atoms with E-state index in [0.29, 0.717) is 28.6 Å². The van der Waals surface area contributed by atoms with Crippen molar-refractivity contribution < 1.29 is 19.0 Å². The van der Waals surface area contributed by atoms with Gasteiger partial charge >= 0.3 is 0 Å². The summed E-state index contributed by atoms with van der Waals surface area (Å²) in [6.07, 6.45) is 3.89. The molecule has 0 aliphatic carbocycles. The number of aryl methyl sites for hydroxylation is 1. The molecule has 0 unspecified atom stereocenters. The molecule has 4 aromatic rings. The molecule has 7 nitrogen and oxygen atoms in total. The Hall–Kier alpha value is -3.87. The van der Waals surface area contributed by atoms with Crippen molar-refractivity contribution in [3.8, 4) is 28.5 Å². The van der Waals surface area contributed by atoms with Crippen molar-refractivity contribution in [2.24, 2.45) is 0 Å². The van der Waals surface area contributed by atoms with Crippen molar-refractivity contribution in [2.45, 2.75) is 13.3 Å². The van der Waals surface area contributed by atoms with Gasteiger partial charge in [-0.05, 0) is 36.8 Å². The number of nitrogens with zero attached hydrogens (tertiary/aromatic N) is 3. The third-order valence-corrected chi connectivity index (χ3v) is 5.19. The summed E-state index contributed by atoms with van der Waals surface area (Å²) in [5.74, 6) is 1.96. The van der Waals surface area contributed by atoms with E-state index in [2.05, 4.69) is 9.97 Å². The molecule has 2 aromatic carbocycles. The smallest absolute Gasteiger partial charge is 0.234 e. The number of aromatic nitrogens is 3. The molecule has 2 heterocycles. The summed E-state index contributed by atoms with van der Waals surface area (Å²) in [7, 11) is 4.59. The first kappa shape index (κ1) is 20.4. The fraction of sp³-hybridized carbons (Fsp3) is 0.208. The van der Waals surface area contributed by atoms with E-state index >= 15 is 0 Å². The van der Waals surface area contributed by atoms with Gasteiger partial charge in [-0.3, -0.25) is 9.20 Å². The molecule has 0 spiro atoms. The highest BCUT2D eigenvalue weighted by atomic mass is 16.5. The molecular formula is C24H23N3O4. The maximum atomic E-state index is 13.0. The Labute approximate surface area is 180 Å². The maximum absolute atomic E-state index is 13.0. The van der Waals surface area contributed by atoms with Gasteiger partial charge in [0.05, 0.1) is 27.0 Å². The highest BCUT2D eigenvalue weighted by Gasteiger charge is 2.18. The van der Waals surface area contributed by atoms with Crippen molar-refractivity contribution in [2.75, 3.05) is 21.3 Å². The number of carbonyl (C=O) groups excluding carboxylic acids is 1. The van der Waals surface area contributed by atoms with Crippen LogP contribution in [0, 0.1) is 6.92 Å². The van der Waals surface area contributed by atoms with Crippen LogP contribution in [0.4, 0.5) is 0 Å². The van der Waals surface area contributed by atoms with E-state index in [-0.39, 0.29) is 12.2 Å². The first-order valence-corrected chi connectivity index (χ1v) is 9.78. The number of hydrogen-bond donors (Lipinski definition) is 0. The molecule has 0 aliphatic heterocycles. The predicted molar refractivity (Wildman–Crippen MR) is 117 cm³/mol. The monoisotopic (exact) mass is 417 g/mol. The van der Waals surface area contributed by atoms with Crippen molar-refractivity contribution in [3.63, 3.8) is 0 Å². The fourth-order valence-electron chi connectivity index (χ4n) is 3.63. The zero-order valence-electron chi connectivity index (χ0n) is 17.9. The van der Waals surface area contributed by atoms with Crippen LogP contribution in [0.3, 0.4) is 0 Å². The van der Waals surface area contributed by atoms with Crippen LogP contribution in [0.15, 0.2) is 54.9 Å². The van der Waals surface area contributed by atoms with Gasteiger partial charge in [-0.15, -0.1) is 0 Å². The Balaban J connectivity index is 1.65. The van der Waals surface area contributed by atoms with E-state index in [0.717, 1.165) is 22.5 Å². The van der Waals surface area contributed by atoms with E-state index in [1.54, 1.807) is 18.3 Å². The summed E-state index contributed by atoms with van der Waals surface area (Å²) < 4.78 is 18.0. The highest BCUT2D eigenvalue weighted by molar-refractivity contribution is 5.98. The second-order valence-corrected chi connectivity index (χ2v) is 7.05. The first-order valence-electron chi connectivity index (χ1n) is 9.78. The number of ether oxygens (including phenoxy) is 3. The average Bonchev–Trinajstić information content (AvgIpc) is 3.14. The second-order valence-electron chi connectivity index (χ2n) is 7.05. The van der Waals surface area contributed by atoms with E-state index in [9.17, 15) is 4.79 Å². The molecule has 4 rings (SSSR count). The standard InChI is InChI=1S/C24H23N3O4/c1-15-22(26-24-25-9-6-10-27(15)24)17-8-5-7-16(11-17)12-19(28)18-13-20(29-2)23(31-4)21(14-18)30-3/h5-11,13-14H,12H2,1-4H3. The molecular weight excluding hydrogens is 394 g/mol. The topological polar surface area (TPSA) is 75.0 Å². The molecule has 7 heteroatoms. The Morgan fingerprint density at radius 3 is 2.39 bits per heavy atom. The molecule has 0 saturated carbocycles. The number of ketones is 1. The van der Waals surface area contributed by atoms with Crippen molar-refractivity contribution >= 4 is 11.6 Å². The number of hydrogen-bond acceptors (Lipinski definition) is 6. The number of Topliss-reactive ketones (excluding diaryl/α,β-unsaturated/α-hetero) is 1. The van der Waals surface area contributed by atoms with Crippen LogP contribution in [0.1, 0.15) is 21.6 Å². The van der Waals surface area contributed by atoms with Gasteiger partial charge in [-0.2, -0.15) is 0 Å². The van der Waals surface area contributed by atoms with Crippen LogP contribution in [0.5, 0.6) is 17.2 Å². The second kappa shape index (κ2) is 8.47. The van der Waals surface area contributed by atoms with E-state index in [4.69, 9.17) is 14.2 Å². The summed E-state index contributed by atoms with van der Waals surface area (Å²) in [6.45, 7) is 2.00.